The molecule has 6 nitrogen and oxygen atoms in total. The van der Waals surface area contributed by atoms with Crippen molar-refractivity contribution >= 4 is 17.4 Å². The summed E-state index contributed by atoms with van der Waals surface area (Å²) >= 11 is 1.57. The first-order valence-electron chi connectivity index (χ1n) is 7.79. The van der Waals surface area contributed by atoms with Crippen LogP contribution in [0, 0.1) is 6.92 Å². The van der Waals surface area contributed by atoms with Crippen molar-refractivity contribution in [3.05, 3.63) is 39.8 Å². The second-order valence-corrected chi connectivity index (χ2v) is 6.31. The van der Waals surface area contributed by atoms with E-state index in [0.29, 0.717) is 24.7 Å². The highest BCUT2D eigenvalue weighted by Crippen LogP contribution is 2.30. The molecule has 0 unspecified atom stereocenters. The number of urea groups is 1. The second-order valence-electron chi connectivity index (χ2n) is 5.25. The van der Waals surface area contributed by atoms with Gasteiger partial charge in [-0.2, -0.15) is 0 Å². The quantitative estimate of drug-likeness (QED) is 0.803. The molecule has 1 aromatic heterocycles. The molecule has 0 aliphatic carbocycles. The number of hydrogen-bond donors (Lipinski definition) is 2. The fraction of sp³-hybridized carbons (Fsp3) is 0.412. The van der Waals surface area contributed by atoms with Gasteiger partial charge in [-0.1, -0.05) is 6.07 Å². The predicted molar refractivity (Wildman–Crippen MR) is 94.8 cm³/mol. The van der Waals surface area contributed by atoms with E-state index in [1.54, 1.807) is 18.4 Å². The predicted octanol–water partition coefficient (Wildman–Crippen LogP) is 3.42. The number of nitrogens with one attached hydrogen (secondary N) is 2. The molecular formula is C17H23N3O3S. The Morgan fingerprint density at radius 1 is 1.38 bits per heavy atom. The summed E-state index contributed by atoms with van der Waals surface area (Å²) in [6, 6.07) is 5.25. The van der Waals surface area contributed by atoms with Gasteiger partial charge in [-0.3, -0.25) is 0 Å². The summed E-state index contributed by atoms with van der Waals surface area (Å²) in [6.07, 6.45) is 0. The van der Waals surface area contributed by atoms with Crippen molar-refractivity contribution in [3.8, 4) is 11.5 Å². The Morgan fingerprint density at radius 3 is 2.79 bits per heavy atom. The maximum Gasteiger partial charge on any atom is 0.315 e. The highest BCUT2D eigenvalue weighted by molar-refractivity contribution is 7.09. The summed E-state index contributed by atoms with van der Waals surface area (Å²) in [5.74, 6) is 1.35. The highest BCUT2D eigenvalue weighted by Gasteiger charge is 2.13. The van der Waals surface area contributed by atoms with Crippen molar-refractivity contribution in [3.63, 3.8) is 0 Å². The Morgan fingerprint density at radius 2 is 2.17 bits per heavy atom. The number of thiazole rings is 1. The summed E-state index contributed by atoms with van der Waals surface area (Å²) in [7, 11) is 1.60. The van der Waals surface area contributed by atoms with E-state index in [1.807, 2.05) is 44.4 Å². The van der Waals surface area contributed by atoms with Crippen molar-refractivity contribution in [2.75, 3.05) is 13.7 Å². The third kappa shape index (κ3) is 4.86. The molecule has 0 saturated heterocycles. The van der Waals surface area contributed by atoms with Crippen LogP contribution < -0.4 is 20.1 Å². The summed E-state index contributed by atoms with van der Waals surface area (Å²) in [5.41, 5.74) is 1.80. The number of aromatic nitrogens is 1. The van der Waals surface area contributed by atoms with Crippen LogP contribution in [0.5, 0.6) is 11.5 Å². The van der Waals surface area contributed by atoms with Gasteiger partial charge in [0.15, 0.2) is 11.5 Å². The Balaban J connectivity index is 1.93. The van der Waals surface area contributed by atoms with E-state index < -0.39 is 0 Å². The van der Waals surface area contributed by atoms with Crippen LogP contribution in [0.2, 0.25) is 0 Å². The fourth-order valence-corrected chi connectivity index (χ4v) is 2.83. The first kappa shape index (κ1) is 18.1. The summed E-state index contributed by atoms with van der Waals surface area (Å²) in [4.78, 5) is 16.3. The van der Waals surface area contributed by atoms with Crippen LogP contribution in [0.1, 0.15) is 36.2 Å². The zero-order chi connectivity index (χ0) is 17.5. The topological polar surface area (TPSA) is 72.5 Å². The SMILES string of the molecule is CCOc1ccc([C@@H](C)NC(=O)NCc2csc(C)n2)cc1OC. The largest absolute Gasteiger partial charge is 0.493 e. The lowest BCUT2D eigenvalue weighted by molar-refractivity contribution is 0.237. The van der Waals surface area contributed by atoms with Gasteiger partial charge in [0, 0.05) is 5.38 Å². The van der Waals surface area contributed by atoms with Gasteiger partial charge in [-0.25, -0.2) is 9.78 Å². The van der Waals surface area contributed by atoms with E-state index in [1.165, 1.54) is 0 Å². The lowest BCUT2D eigenvalue weighted by Gasteiger charge is -2.17. The van der Waals surface area contributed by atoms with Gasteiger partial charge in [0.2, 0.25) is 0 Å². The maximum absolute atomic E-state index is 12.0. The first-order valence-corrected chi connectivity index (χ1v) is 8.67. The van der Waals surface area contributed by atoms with Crippen LogP contribution >= 0.6 is 11.3 Å². The lowest BCUT2D eigenvalue weighted by atomic mass is 10.1. The van der Waals surface area contributed by atoms with Gasteiger partial charge in [0.25, 0.3) is 0 Å². The minimum Gasteiger partial charge on any atom is -0.493 e. The smallest absolute Gasteiger partial charge is 0.315 e. The van der Waals surface area contributed by atoms with E-state index in [4.69, 9.17) is 9.47 Å². The number of carbonyl (C=O) groups is 1. The molecule has 2 amide bonds. The molecule has 1 heterocycles. The van der Waals surface area contributed by atoms with Crippen molar-refractivity contribution in [1.82, 2.24) is 15.6 Å². The molecule has 2 aromatic rings. The van der Waals surface area contributed by atoms with Crippen LogP contribution in [-0.2, 0) is 6.54 Å². The molecular weight excluding hydrogens is 326 g/mol. The number of nitrogens with zero attached hydrogens (tertiary/aromatic N) is 1. The van der Waals surface area contributed by atoms with E-state index in [0.717, 1.165) is 16.3 Å². The number of rotatable bonds is 7. The standard InChI is InChI=1S/C17H23N3O3S/c1-5-23-15-7-6-13(8-16(15)22-4)11(2)19-17(21)18-9-14-10-24-12(3)20-14/h6-8,10-11H,5,9H2,1-4H3,(H2,18,19,21)/t11-/m1/s1. The first-order chi connectivity index (χ1) is 11.5. The number of methoxy groups -OCH3 is 1. The molecule has 0 bridgehead atoms. The van der Waals surface area contributed by atoms with E-state index in [9.17, 15) is 4.79 Å². The molecule has 0 aliphatic rings. The molecule has 0 spiro atoms. The number of hydrogen-bond acceptors (Lipinski definition) is 5. The molecule has 1 atom stereocenters. The average Bonchev–Trinajstić information content (AvgIpc) is 2.99. The van der Waals surface area contributed by atoms with Crippen LogP contribution in [0.4, 0.5) is 4.79 Å². The summed E-state index contributed by atoms with van der Waals surface area (Å²) < 4.78 is 10.8. The van der Waals surface area contributed by atoms with Crippen molar-refractivity contribution in [1.29, 1.82) is 0 Å². The highest BCUT2D eigenvalue weighted by atomic mass is 32.1. The van der Waals surface area contributed by atoms with Crippen molar-refractivity contribution in [2.45, 2.75) is 33.4 Å². The minimum atomic E-state index is -0.235. The third-order valence-corrected chi connectivity index (χ3v) is 4.25. The molecule has 7 heteroatoms. The number of carbonyl (C=O) groups excluding carboxylic acids is 1. The maximum atomic E-state index is 12.0. The zero-order valence-electron chi connectivity index (χ0n) is 14.4. The third-order valence-electron chi connectivity index (χ3n) is 3.43. The van der Waals surface area contributed by atoms with Gasteiger partial charge < -0.3 is 20.1 Å². The average molecular weight is 349 g/mol. The minimum absolute atomic E-state index is 0.160. The number of amides is 2. The molecule has 2 rings (SSSR count). The van der Waals surface area contributed by atoms with E-state index in [2.05, 4.69) is 15.6 Å². The van der Waals surface area contributed by atoms with E-state index in [-0.39, 0.29) is 12.1 Å². The normalized spacial score (nSPS) is 11.7. The molecule has 1 aromatic carbocycles. The van der Waals surface area contributed by atoms with Crippen LogP contribution in [0.15, 0.2) is 23.6 Å². The van der Waals surface area contributed by atoms with Gasteiger partial charge in [-0.15, -0.1) is 11.3 Å². The monoisotopic (exact) mass is 349 g/mol. The Kier molecular flexibility index (Phi) is 6.43. The molecule has 0 fully saturated rings. The lowest BCUT2D eigenvalue weighted by Crippen LogP contribution is -2.36. The Labute approximate surface area is 146 Å². The van der Waals surface area contributed by atoms with Crippen LogP contribution in [-0.4, -0.2) is 24.7 Å². The molecule has 0 aliphatic heterocycles. The molecule has 0 radical (unpaired) electrons. The Hall–Kier alpha value is -2.28. The number of aryl methyl sites for hydroxylation is 1. The molecule has 130 valence electrons. The summed E-state index contributed by atoms with van der Waals surface area (Å²) in [6.45, 7) is 6.76. The van der Waals surface area contributed by atoms with Crippen LogP contribution in [0.25, 0.3) is 0 Å². The number of ether oxygens (including phenoxy) is 2. The van der Waals surface area contributed by atoms with Gasteiger partial charge >= 0.3 is 6.03 Å². The zero-order valence-corrected chi connectivity index (χ0v) is 15.2. The van der Waals surface area contributed by atoms with Crippen molar-refractivity contribution in [2.24, 2.45) is 0 Å². The van der Waals surface area contributed by atoms with Gasteiger partial charge in [0.05, 0.1) is 37.0 Å². The van der Waals surface area contributed by atoms with Gasteiger partial charge in [-0.05, 0) is 38.5 Å². The fourth-order valence-electron chi connectivity index (χ4n) is 2.22. The van der Waals surface area contributed by atoms with E-state index >= 15 is 0 Å². The second kappa shape index (κ2) is 8.54. The molecule has 2 N–H and O–H groups in total. The van der Waals surface area contributed by atoms with Crippen molar-refractivity contribution < 1.29 is 14.3 Å². The van der Waals surface area contributed by atoms with Crippen LogP contribution in [0.3, 0.4) is 0 Å². The summed E-state index contributed by atoms with van der Waals surface area (Å²) in [5, 5.41) is 8.65. The molecule has 0 saturated carbocycles. The van der Waals surface area contributed by atoms with Gasteiger partial charge in [0.1, 0.15) is 0 Å². The number of benzene rings is 1. The Bertz CT molecular complexity index is 687. The molecule has 24 heavy (non-hydrogen) atoms.